The summed E-state index contributed by atoms with van der Waals surface area (Å²) < 4.78 is 22.2. The Morgan fingerprint density at radius 2 is 1.80 bits per heavy atom. The van der Waals surface area contributed by atoms with Gasteiger partial charge >= 0.3 is 11.9 Å². The highest BCUT2D eigenvalue weighted by Crippen LogP contribution is 2.36. The second-order valence-electron chi connectivity index (χ2n) is 7.47. The lowest BCUT2D eigenvalue weighted by molar-refractivity contribution is -0.136. The molecule has 1 aliphatic heterocycles. The predicted octanol–water partition coefficient (Wildman–Crippen LogP) is 4.94. The Morgan fingerprint density at radius 1 is 1.06 bits per heavy atom. The number of hydrazone groups is 1. The van der Waals surface area contributed by atoms with Crippen molar-refractivity contribution in [3.05, 3.63) is 76.5 Å². The lowest BCUT2D eigenvalue weighted by Gasteiger charge is -2.16. The second kappa shape index (κ2) is 10.0. The molecule has 0 saturated heterocycles. The quantitative estimate of drug-likeness (QED) is 0.351. The van der Waals surface area contributed by atoms with E-state index in [1.807, 2.05) is 0 Å². The fraction of sp³-hybridized carbons (Fsp3) is 0.200. The zero-order chi connectivity index (χ0) is 25.1. The molecule has 1 amide bonds. The van der Waals surface area contributed by atoms with E-state index in [4.69, 9.17) is 30.2 Å². The number of hydrogen-bond acceptors (Lipinski definition) is 8. The van der Waals surface area contributed by atoms with E-state index in [1.165, 1.54) is 26.0 Å². The number of ether oxygens (including phenoxy) is 3. The molecule has 0 unspecified atom stereocenters. The predicted molar refractivity (Wildman–Crippen MR) is 126 cm³/mol. The second-order valence-corrected chi connectivity index (χ2v) is 7.91. The number of benzene rings is 2. The standard InChI is InChI=1S/C25H21ClN2O7/c1-4-32-25(31)17-7-5-16(6-8-17)20-11-12-22(34-20)24-28(14(2)29)27-23(35-24)19-13-18(26)9-10-21(19)33-15(3)30/h5-13,24H,4H2,1-3H3/t24-/m1/s1. The van der Waals surface area contributed by atoms with Crippen molar-refractivity contribution in [2.75, 3.05) is 6.61 Å². The summed E-state index contributed by atoms with van der Waals surface area (Å²) in [7, 11) is 0. The van der Waals surface area contributed by atoms with Crippen molar-refractivity contribution < 1.29 is 33.0 Å². The molecular formula is C25H21ClN2O7. The molecule has 10 heteroatoms. The van der Waals surface area contributed by atoms with Crippen molar-refractivity contribution in [3.8, 4) is 17.1 Å². The third kappa shape index (κ3) is 5.20. The molecule has 4 rings (SSSR count). The number of furan rings is 1. The van der Waals surface area contributed by atoms with Gasteiger partial charge in [0, 0.05) is 24.4 Å². The highest BCUT2D eigenvalue weighted by atomic mass is 35.5. The van der Waals surface area contributed by atoms with Crippen LogP contribution in [0.1, 0.15) is 48.7 Å². The first-order valence-electron chi connectivity index (χ1n) is 10.7. The summed E-state index contributed by atoms with van der Waals surface area (Å²) in [6.45, 7) is 4.64. The first kappa shape index (κ1) is 24.0. The average molecular weight is 497 g/mol. The van der Waals surface area contributed by atoms with Gasteiger partial charge in [0.25, 0.3) is 6.23 Å². The molecule has 1 atom stereocenters. The normalized spacial score (nSPS) is 14.8. The number of rotatable bonds is 6. The van der Waals surface area contributed by atoms with E-state index >= 15 is 0 Å². The smallest absolute Gasteiger partial charge is 0.338 e. The Hall–Kier alpha value is -4.11. The van der Waals surface area contributed by atoms with Gasteiger partial charge in [-0.2, -0.15) is 5.01 Å². The molecule has 0 bridgehead atoms. The molecule has 0 fully saturated rings. The molecule has 1 aromatic heterocycles. The lowest BCUT2D eigenvalue weighted by Crippen LogP contribution is -2.24. The van der Waals surface area contributed by atoms with Gasteiger partial charge in [0.1, 0.15) is 11.5 Å². The van der Waals surface area contributed by atoms with Crippen molar-refractivity contribution in [3.63, 3.8) is 0 Å². The molecule has 0 saturated carbocycles. The minimum Gasteiger partial charge on any atom is -0.462 e. The summed E-state index contributed by atoms with van der Waals surface area (Å²) >= 11 is 6.12. The van der Waals surface area contributed by atoms with E-state index in [9.17, 15) is 14.4 Å². The minimum atomic E-state index is -0.987. The van der Waals surface area contributed by atoms with Crippen LogP contribution in [0.2, 0.25) is 5.02 Å². The maximum atomic E-state index is 12.3. The van der Waals surface area contributed by atoms with Gasteiger partial charge in [0.05, 0.1) is 17.7 Å². The molecule has 2 heterocycles. The molecule has 0 spiro atoms. The topological polar surface area (TPSA) is 108 Å². The summed E-state index contributed by atoms with van der Waals surface area (Å²) in [6.07, 6.45) is -0.987. The van der Waals surface area contributed by atoms with E-state index in [0.717, 1.165) is 5.01 Å². The molecule has 0 radical (unpaired) electrons. The first-order valence-corrected chi connectivity index (χ1v) is 11.0. The van der Waals surface area contributed by atoms with Gasteiger partial charge in [0.15, 0.2) is 5.76 Å². The van der Waals surface area contributed by atoms with E-state index in [0.29, 0.717) is 33.2 Å². The summed E-state index contributed by atoms with van der Waals surface area (Å²) in [4.78, 5) is 35.7. The van der Waals surface area contributed by atoms with Gasteiger partial charge in [-0.05, 0) is 49.4 Å². The maximum absolute atomic E-state index is 12.3. The van der Waals surface area contributed by atoms with E-state index < -0.39 is 24.1 Å². The Balaban J connectivity index is 1.61. The van der Waals surface area contributed by atoms with Gasteiger partial charge in [0.2, 0.25) is 11.8 Å². The first-order chi connectivity index (χ1) is 16.8. The van der Waals surface area contributed by atoms with Crippen molar-refractivity contribution in [1.82, 2.24) is 5.01 Å². The summed E-state index contributed by atoms with van der Waals surface area (Å²) in [5, 5.41) is 5.76. The zero-order valence-corrected chi connectivity index (χ0v) is 19.9. The fourth-order valence-electron chi connectivity index (χ4n) is 3.40. The number of carbonyl (C=O) groups excluding carboxylic acids is 3. The number of amides is 1. The summed E-state index contributed by atoms with van der Waals surface area (Å²) in [5.74, 6) is -0.282. The van der Waals surface area contributed by atoms with Crippen molar-refractivity contribution in [2.24, 2.45) is 5.10 Å². The van der Waals surface area contributed by atoms with Crippen LogP contribution in [0, 0.1) is 0 Å². The summed E-state index contributed by atoms with van der Waals surface area (Å²) in [6, 6.07) is 14.7. The van der Waals surface area contributed by atoms with Crippen LogP contribution in [0.3, 0.4) is 0 Å². The van der Waals surface area contributed by atoms with E-state index in [-0.39, 0.29) is 18.3 Å². The number of hydrogen-bond donors (Lipinski definition) is 0. The van der Waals surface area contributed by atoms with Crippen LogP contribution in [0.4, 0.5) is 0 Å². The van der Waals surface area contributed by atoms with Crippen LogP contribution in [-0.2, 0) is 19.1 Å². The van der Waals surface area contributed by atoms with Crippen LogP contribution >= 0.6 is 11.6 Å². The molecular weight excluding hydrogens is 476 g/mol. The Bertz CT molecular complexity index is 1310. The van der Waals surface area contributed by atoms with Crippen LogP contribution < -0.4 is 4.74 Å². The van der Waals surface area contributed by atoms with Crippen molar-refractivity contribution in [1.29, 1.82) is 0 Å². The van der Waals surface area contributed by atoms with Crippen LogP contribution in [0.5, 0.6) is 5.75 Å². The van der Waals surface area contributed by atoms with Gasteiger partial charge in [-0.15, -0.1) is 5.10 Å². The third-order valence-corrected chi connectivity index (χ3v) is 5.18. The molecule has 9 nitrogen and oxygen atoms in total. The molecule has 35 heavy (non-hydrogen) atoms. The average Bonchev–Trinajstić information content (AvgIpc) is 3.48. The number of esters is 2. The lowest BCUT2D eigenvalue weighted by atomic mass is 10.1. The highest BCUT2D eigenvalue weighted by molar-refractivity contribution is 6.31. The summed E-state index contributed by atoms with van der Waals surface area (Å²) in [5.41, 5.74) is 1.44. The van der Waals surface area contributed by atoms with Gasteiger partial charge in [-0.3, -0.25) is 9.59 Å². The molecule has 1 aliphatic rings. The third-order valence-electron chi connectivity index (χ3n) is 4.94. The minimum absolute atomic E-state index is 0.0423. The number of nitrogens with zero attached hydrogens (tertiary/aromatic N) is 2. The van der Waals surface area contributed by atoms with Gasteiger partial charge in [-0.1, -0.05) is 23.7 Å². The Morgan fingerprint density at radius 3 is 2.46 bits per heavy atom. The molecule has 180 valence electrons. The molecule has 2 aromatic carbocycles. The largest absolute Gasteiger partial charge is 0.462 e. The zero-order valence-electron chi connectivity index (χ0n) is 19.1. The van der Waals surface area contributed by atoms with E-state index in [1.54, 1.807) is 49.4 Å². The van der Waals surface area contributed by atoms with Crippen LogP contribution in [0.15, 0.2) is 64.1 Å². The highest BCUT2D eigenvalue weighted by Gasteiger charge is 2.36. The SMILES string of the molecule is CCOC(=O)c1ccc(-c2ccc([C@H]3OC(c4cc(Cl)ccc4OC(C)=O)=NN3C(C)=O)o2)cc1. The van der Waals surface area contributed by atoms with Crippen LogP contribution in [-0.4, -0.2) is 35.4 Å². The van der Waals surface area contributed by atoms with Gasteiger partial charge < -0.3 is 18.6 Å². The maximum Gasteiger partial charge on any atom is 0.338 e. The van der Waals surface area contributed by atoms with Crippen LogP contribution in [0.25, 0.3) is 11.3 Å². The van der Waals surface area contributed by atoms with Gasteiger partial charge in [-0.25, -0.2) is 4.79 Å². The Labute approximate surface area is 205 Å². The molecule has 0 N–H and O–H groups in total. The molecule has 0 aliphatic carbocycles. The van der Waals surface area contributed by atoms with Crippen molar-refractivity contribution >= 4 is 35.3 Å². The Kier molecular flexibility index (Phi) is 6.88. The number of halogens is 1. The fourth-order valence-corrected chi connectivity index (χ4v) is 3.57. The van der Waals surface area contributed by atoms with Crippen molar-refractivity contribution in [2.45, 2.75) is 27.0 Å². The van der Waals surface area contributed by atoms with E-state index in [2.05, 4.69) is 5.10 Å². The monoisotopic (exact) mass is 496 g/mol. The molecule has 3 aromatic rings. The number of carbonyl (C=O) groups is 3.